The van der Waals surface area contributed by atoms with Crippen molar-refractivity contribution in [3.63, 3.8) is 0 Å². The molecule has 0 aromatic carbocycles. The van der Waals surface area contributed by atoms with Crippen molar-refractivity contribution in [1.29, 1.82) is 0 Å². The van der Waals surface area contributed by atoms with Gasteiger partial charge in [0.2, 0.25) is 0 Å². The second-order valence-electron chi connectivity index (χ2n) is 2.39. The largest absolute Gasteiger partial charge is 0.460 e. The van der Waals surface area contributed by atoms with E-state index in [4.69, 9.17) is 4.42 Å². The van der Waals surface area contributed by atoms with Crippen LogP contribution in [0, 0.1) is 12.7 Å². The van der Waals surface area contributed by atoms with E-state index in [-0.39, 0.29) is 5.82 Å². The Balaban J connectivity index is 2.82. The number of hydrogen-bond donors (Lipinski definition) is 0. The predicted octanol–water partition coefficient (Wildman–Crippen LogP) is 2.28. The molecule has 0 saturated heterocycles. The van der Waals surface area contributed by atoms with Gasteiger partial charge >= 0.3 is 0 Å². The lowest BCUT2D eigenvalue weighted by atomic mass is 10.4. The Hall–Kier alpha value is -1.38. The molecule has 0 atom stereocenters. The molecule has 11 heavy (non-hydrogen) atoms. The Kier molecular flexibility index (Phi) is 1.18. The van der Waals surface area contributed by atoms with E-state index in [1.807, 2.05) is 0 Å². The van der Waals surface area contributed by atoms with Gasteiger partial charge in [0.05, 0.1) is 6.20 Å². The van der Waals surface area contributed by atoms with Crippen molar-refractivity contribution in [2.24, 2.45) is 0 Å². The van der Waals surface area contributed by atoms with Gasteiger partial charge in [0.1, 0.15) is 17.1 Å². The van der Waals surface area contributed by atoms with Gasteiger partial charge in [-0.1, -0.05) is 0 Å². The number of aryl methyl sites for hydroxylation is 1. The minimum Gasteiger partial charge on any atom is -0.460 e. The number of halogens is 1. The fourth-order valence-corrected chi connectivity index (χ4v) is 1.02. The van der Waals surface area contributed by atoms with Crippen molar-refractivity contribution in [2.75, 3.05) is 0 Å². The maximum Gasteiger partial charge on any atom is 0.155 e. The number of hydrogen-bond acceptors (Lipinski definition) is 2. The molecule has 0 aliphatic heterocycles. The van der Waals surface area contributed by atoms with Crippen LogP contribution in [0.3, 0.4) is 0 Å². The maximum absolute atomic E-state index is 12.5. The van der Waals surface area contributed by atoms with Gasteiger partial charge in [-0.3, -0.25) is 0 Å². The molecule has 0 aliphatic carbocycles. The van der Waals surface area contributed by atoms with Gasteiger partial charge in [-0.05, 0) is 6.92 Å². The van der Waals surface area contributed by atoms with Crippen LogP contribution < -0.4 is 0 Å². The first-order chi connectivity index (χ1) is 5.25. The van der Waals surface area contributed by atoms with Crippen molar-refractivity contribution in [1.82, 2.24) is 4.98 Å². The molecular weight excluding hydrogens is 145 g/mol. The normalized spacial score (nSPS) is 10.7. The van der Waals surface area contributed by atoms with Gasteiger partial charge in [-0.25, -0.2) is 9.37 Å². The second kappa shape index (κ2) is 2.05. The standard InChI is InChI=1S/C8H6FNO/c1-5-2-7-8(11-5)3-6(9)4-10-7/h2-4H,1H3. The van der Waals surface area contributed by atoms with Gasteiger partial charge in [-0.15, -0.1) is 0 Å². The quantitative estimate of drug-likeness (QED) is 0.577. The Morgan fingerprint density at radius 3 is 3.09 bits per heavy atom. The fraction of sp³-hybridized carbons (Fsp3) is 0.125. The molecule has 0 amide bonds. The minimum atomic E-state index is -0.369. The van der Waals surface area contributed by atoms with E-state index in [0.717, 1.165) is 5.76 Å². The predicted molar refractivity (Wildman–Crippen MR) is 38.7 cm³/mol. The molecule has 0 unspecified atom stereocenters. The lowest BCUT2D eigenvalue weighted by molar-refractivity contribution is 0.569. The highest BCUT2D eigenvalue weighted by molar-refractivity contribution is 5.72. The third kappa shape index (κ3) is 0.981. The van der Waals surface area contributed by atoms with Crippen LogP contribution in [0.4, 0.5) is 4.39 Å². The van der Waals surface area contributed by atoms with Crippen LogP contribution in [0.5, 0.6) is 0 Å². The highest BCUT2D eigenvalue weighted by Crippen LogP contribution is 2.16. The SMILES string of the molecule is Cc1cc2ncc(F)cc2o1. The first-order valence-corrected chi connectivity index (χ1v) is 3.27. The monoisotopic (exact) mass is 151 g/mol. The van der Waals surface area contributed by atoms with E-state index in [1.165, 1.54) is 12.3 Å². The van der Waals surface area contributed by atoms with Crippen LogP contribution >= 0.6 is 0 Å². The zero-order valence-corrected chi connectivity index (χ0v) is 5.97. The van der Waals surface area contributed by atoms with Crippen LogP contribution in [0.1, 0.15) is 5.76 Å². The van der Waals surface area contributed by atoms with E-state index < -0.39 is 0 Å². The molecule has 3 heteroatoms. The molecule has 0 saturated carbocycles. The average molecular weight is 151 g/mol. The van der Waals surface area contributed by atoms with Gasteiger partial charge < -0.3 is 4.42 Å². The van der Waals surface area contributed by atoms with Gasteiger partial charge in [0, 0.05) is 12.1 Å². The third-order valence-corrected chi connectivity index (χ3v) is 1.46. The molecule has 0 radical (unpaired) electrons. The molecular formula is C8H6FNO. The minimum absolute atomic E-state index is 0.369. The first kappa shape index (κ1) is 6.34. The molecule has 0 N–H and O–H groups in total. The Labute approximate surface area is 62.7 Å². The van der Waals surface area contributed by atoms with Gasteiger partial charge in [-0.2, -0.15) is 0 Å². The van der Waals surface area contributed by atoms with Crippen LogP contribution in [0.2, 0.25) is 0 Å². The van der Waals surface area contributed by atoms with Gasteiger partial charge in [0.15, 0.2) is 5.58 Å². The van der Waals surface area contributed by atoms with Crippen molar-refractivity contribution in [3.8, 4) is 0 Å². The molecule has 0 spiro atoms. The molecule has 2 rings (SSSR count). The number of furan rings is 1. The molecule has 2 aromatic rings. The summed E-state index contributed by atoms with van der Waals surface area (Å²) in [6.45, 7) is 1.81. The number of nitrogens with zero attached hydrogens (tertiary/aromatic N) is 1. The molecule has 0 bridgehead atoms. The zero-order chi connectivity index (χ0) is 7.84. The van der Waals surface area contributed by atoms with Crippen molar-refractivity contribution in [2.45, 2.75) is 6.92 Å². The molecule has 56 valence electrons. The summed E-state index contributed by atoms with van der Waals surface area (Å²) in [4.78, 5) is 3.83. The summed E-state index contributed by atoms with van der Waals surface area (Å²) in [7, 11) is 0. The van der Waals surface area contributed by atoms with E-state index in [9.17, 15) is 4.39 Å². The third-order valence-electron chi connectivity index (χ3n) is 1.46. The number of fused-ring (bicyclic) bond motifs is 1. The maximum atomic E-state index is 12.5. The molecule has 0 fully saturated rings. The molecule has 2 aromatic heterocycles. The van der Waals surface area contributed by atoms with Crippen molar-refractivity contribution in [3.05, 3.63) is 29.9 Å². The van der Waals surface area contributed by atoms with Crippen molar-refractivity contribution >= 4 is 11.1 Å². The highest BCUT2D eigenvalue weighted by Gasteiger charge is 2.01. The van der Waals surface area contributed by atoms with Crippen LogP contribution in [0.25, 0.3) is 11.1 Å². The zero-order valence-electron chi connectivity index (χ0n) is 5.97. The number of aromatic nitrogens is 1. The summed E-state index contributed by atoms with van der Waals surface area (Å²) in [5, 5.41) is 0. The van der Waals surface area contributed by atoms with E-state index in [0.29, 0.717) is 11.1 Å². The van der Waals surface area contributed by atoms with E-state index in [2.05, 4.69) is 4.98 Å². The lowest BCUT2D eigenvalue weighted by Gasteiger charge is -1.85. The summed E-state index contributed by atoms with van der Waals surface area (Å²) < 4.78 is 17.7. The van der Waals surface area contributed by atoms with Crippen LogP contribution in [-0.4, -0.2) is 4.98 Å². The van der Waals surface area contributed by atoms with Crippen molar-refractivity contribution < 1.29 is 8.81 Å². The number of pyridine rings is 1. The topological polar surface area (TPSA) is 26.0 Å². The lowest BCUT2D eigenvalue weighted by Crippen LogP contribution is -1.75. The molecule has 0 aliphatic rings. The summed E-state index contributed by atoms with van der Waals surface area (Å²) >= 11 is 0. The molecule has 2 heterocycles. The smallest absolute Gasteiger partial charge is 0.155 e. The molecule has 2 nitrogen and oxygen atoms in total. The summed E-state index contributed by atoms with van der Waals surface area (Å²) in [5.74, 6) is 0.380. The van der Waals surface area contributed by atoms with Gasteiger partial charge in [0.25, 0.3) is 0 Å². The summed E-state index contributed by atoms with van der Waals surface area (Å²) in [5.41, 5.74) is 1.20. The Morgan fingerprint density at radius 2 is 2.27 bits per heavy atom. The van der Waals surface area contributed by atoms with Crippen LogP contribution in [-0.2, 0) is 0 Å². The summed E-state index contributed by atoms with van der Waals surface area (Å²) in [6, 6.07) is 3.10. The van der Waals surface area contributed by atoms with E-state index >= 15 is 0 Å². The Bertz CT molecular complexity index is 394. The number of rotatable bonds is 0. The Morgan fingerprint density at radius 1 is 1.45 bits per heavy atom. The van der Waals surface area contributed by atoms with Crippen LogP contribution in [0.15, 0.2) is 22.7 Å². The summed E-state index contributed by atoms with van der Waals surface area (Å²) in [6.07, 6.45) is 1.18. The average Bonchev–Trinajstić information content (AvgIpc) is 2.27. The first-order valence-electron chi connectivity index (χ1n) is 3.27. The fourth-order valence-electron chi connectivity index (χ4n) is 1.02. The second-order valence-corrected chi connectivity index (χ2v) is 2.39. The highest BCUT2D eigenvalue weighted by atomic mass is 19.1. The van der Waals surface area contributed by atoms with E-state index in [1.54, 1.807) is 13.0 Å².